The van der Waals surface area contributed by atoms with Crippen molar-refractivity contribution in [3.8, 4) is 0 Å². The molecule has 2 heteroatoms. The molecule has 0 heterocycles. The fourth-order valence-electron chi connectivity index (χ4n) is 5.56. The van der Waals surface area contributed by atoms with Gasteiger partial charge in [-0.3, -0.25) is 4.79 Å². The number of ether oxygens (including phenoxy) is 1. The Balaban J connectivity index is 0. The van der Waals surface area contributed by atoms with E-state index in [0.29, 0.717) is 13.0 Å². The van der Waals surface area contributed by atoms with E-state index in [1.54, 1.807) is 0 Å². The van der Waals surface area contributed by atoms with Crippen molar-refractivity contribution < 1.29 is 9.53 Å². The second-order valence-corrected chi connectivity index (χ2v) is 12.9. The van der Waals surface area contributed by atoms with E-state index >= 15 is 0 Å². The van der Waals surface area contributed by atoms with Crippen molar-refractivity contribution in [1.29, 1.82) is 0 Å². The minimum Gasteiger partial charge on any atom is -0.466 e. The van der Waals surface area contributed by atoms with Crippen LogP contribution < -0.4 is 0 Å². The van der Waals surface area contributed by atoms with E-state index in [-0.39, 0.29) is 5.97 Å². The summed E-state index contributed by atoms with van der Waals surface area (Å²) in [6.45, 7) is 11.2. The summed E-state index contributed by atoms with van der Waals surface area (Å²) in [6.07, 6.45) is 45.9. The fraction of sp³-hybridized carbons (Fsp3) is 0.925. The first kappa shape index (κ1) is 43.3. The maximum atomic E-state index is 11.7. The van der Waals surface area contributed by atoms with Gasteiger partial charge >= 0.3 is 5.97 Å². The van der Waals surface area contributed by atoms with Gasteiger partial charge in [0.15, 0.2) is 0 Å². The van der Waals surface area contributed by atoms with Crippen LogP contribution in [0.4, 0.5) is 0 Å². The third-order valence-corrected chi connectivity index (χ3v) is 8.51. The van der Waals surface area contributed by atoms with Crippen LogP contribution in [-0.4, -0.2) is 12.6 Å². The molecule has 0 aromatic rings. The molecule has 0 radical (unpaired) electrons. The average molecular weight is 593 g/mol. The average Bonchev–Trinajstić information content (AvgIpc) is 3.00. The van der Waals surface area contributed by atoms with Crippen LogP contribution in [0.5, 0.6) is 0 Å². The highest BCUT2D eigenvalue weighted by molar-refractivity contribution is 5.69. The zero-order valence-electron chi connectivity index (χ0n) is 29.6. The molecule has 2 nitrogen and oxygen atoms in total. The van der Waals surface area contributed by atoms with Crippen molar-refractivity contribution in [3.63, 3.8) is 0 Å². The molecule has 0 atom stereocenters. The first-order valence-electron chi connectivity index (χ1n) is 19.5. The zero-order chi connectivity index (χ0) is 31.0. The van der Waals surface area contributed by atoms with E-state index in [2.05, 4.69) is 27.4 Å². The van der Waals surface area contributed by atoms with E-state index in [0.717, 1.165) is 25.7 Å². The fourth-order valence-corrected chi connectivity index (χ4v) is 5.56. The van der Waals surface area contributed by atoms with E-state index in [4.69, 9.17) is 4.74 Å². The van der Waals surface area contributed by atoms with Gasteiger partial charge in [-0.2, -0.15) is 0 Å². The lowest BCUT2D eigenvalue weighted by atomic mass is 10.0. The standard InChI is InChI=1S/C32H62O2.C8H18/c1-3-5-7-9-11-12-13-14-15-16-17-18-19-20-21-22-23-25-27-29-31-34-32(33)30-28-26-24-10-8-6-4-2;1-3-5-7-8-6-4-2/h4H,2-3,5-31H2,1H3;3-8H2,1-2H3. The normalized spacial score (nSPS) is 10.8. The molecule has 0 fully saturated rings. The summed E-state index contributed by atoms with van der Waals surface area (Å²) >= 11 is 0. The lowest BCUT2D eigenvalue weighted by molar-refractivity contribution is -0.143. The molecule has 0 N–H and O–H groups in total. The van der Waals surface area contributed by atoms with Gasteiger partial charge in [-0.05, 0) is 25.7 Å². The van der Waals surface area contributed by atoms with Crippen LogP contribution in [0.1, 0.15) is 233 Å². The zero-order valence-corrected chi connectivity index (χ0v) is 29.6. The number of hydrogen-bond donors (Lipinski definition) is 0. The molecule has 0 saturated heterocycles. The molecule has 0 aromatic heterocycles. The first-order chi connectivity index (χ1) is 20.7. The van der Waals surface area contributed by atoms with Crippen molar-refractivity contribution in [1.82, 2.24) is 0 Å². The van der Waals surface area contributed by atoms with Gasteiger partial charge in [-0.1, -0.05) is 207 Å². The summed E-state index contributed by atoms with van der Waals surface area (Å²) in [5.41, 5.74) is 0. The molecule has 42 heavy (non-hydrogen) atoms. The van der Waals surface area contributed by atoms with E-state index in [1.807, 2.05) is 6.08 Å². The molecule has 0 unspecified atom stereocenters. The molecule has 0 aliphatic rings. The number of hydrogen-bond acceptors (Lipinski definition) is 2. The van der Waals surface area contributed by atoms with Gasteiger partial charge in [0.2, 0.25) is 0 Å². The SMILES string of the molecule is C=CCCCCCCCC(=O)OCCCCCCCCCCCCCCCCCCCCCC.CCCCCCCC. The van der Waals surface area contributed by atoms with Crippen LogP contribution in [0, 0.1) is 0 Å². The number of esters is 1. The largest absolute Gasteiger partial charge is 0.466 e. The number of rotatable bonds is 34. The Morgan fingerprint density at radius 3 is 1.05 bits per heavy atom. The van der Waals surface area contributed by atoms with E-state index in [9.17, 15) is 4.79 Å². The Hall–Kier alpha value is -0.790. The van der Waals surface area contributed by atoms with Gasteiger partial charge in [-0.25, -0.2) is 0 Å². The number of allylic oxidation sites excluding steroid dienone is 1. The summed E-state index contributed by atoms with van der Waals surface area (Å²) in [7, 11) is 0. The molecular weight excluding hydrogens is 512 g/mol. The minimum absolute atomic E-state index is 0.00361. The van der Waals surface area contributed by atoms with E-state index in [1.165, 1.54) is 180 Å². The monoisotopic (exact) mass is 593 g/mol. The summed E-state index contributed by atoms with van der Waals surface area (Å²) in [5, 5.41) is 0. The maximum absolute atomic E-state index is 11.7. The second-order valence-electron chi connectivity index (χ2n) is 12.9. The maximum Gasteiger partial charge on any atom is 0.305 e. The predicted molar refractivity (Wildman–Crippen MR) is 191 cm³/mol. The quantitative estimate of drug-likeness (QED) is 0.0422. The predicted octanol–water partition coefficient (Wildman–Crippen LogP) is 14.6. The Kier molecular flexibility index (Phi) is 43.7. The molecule has 0 aliphatic heterocycles. The third kappa shape index (κ3) is 43.7. The summed E-state index contributed by atoms with van der Waals surface area (Å²) in [5.74, 6) is 0.00361. The number of carbonyl (C=O) groups excluding carboxylic acids is 1. The van der Waals surface area contributed by atoms with Gasteiger partial charge in [0.1, 0.15) is 0 Å². The van der Waals surface area contributed by atoms with Crippen molar-refractivity contribution >= 4 is 5.97 Å². The summed E-state index contributed by atoms with van der Waals surface area (Å²) < 4.78 is 5.37. The third-order valence-electron chi connectivity index (χ3n) is 8.51. The van der Waals surface area contributed by atoms with Gasteiger partial charge < -0.3 is 4.74 Å². The summed E-state index contributed by atoms with van der Waals surface area (Å²) in [6, 6.07) is 0. The van der Waals surface area contributed by atoms with Crippen LogP contribution in [0.2, 0.25) is 0 Å². The molecule has 0 aromatic carbocycles. The van der Waals surface area contributed by atoms with Gasteiger partial charge in [0.25, 0.3) is 0 Å². The Morgan fingerprint density at radius 1 is 0.429 bits per heavy atom. The van der Waals surface area contributed by atoms with Crippen molar-refractivity contribution in [2.45, 2.75) is 233 Å². The summed E-state index contributed by atoms with van der Waals surface area (Å²) in [4.78, 5) is 11.7. The molecule has 0 saturated carbocycles. The van der Waals surface area contributed by atoms with Crippen LogP contribution in [0.3, 0.4) is 0 Å². The highest BCUT2D eigenvalue weighted by Crippen LogP contribution is 2.15. The Bertz CT molecular complexity index is 480. The Labute approximate surface area is 267 Å². The molecule has 0 amide bonds. The van der Waals surface area contributed by atoms with E-state index < -0.39 is 0 Å². The Morgan fingerprint density at radius 2 is 0.714 bits per heavy atom. The van der Waals surface area contributed by atoms with Gasteiger partial charge in [0.05, 0.1) is 6.61 Å². The highest BCUT2D eigenvalue weighted by Gasteiger charge is 2.02. The molecule has 252 valence electrons. The van der Waals surface area contributed by atoms with Crippen LogP contribution in [0.25, 0.3) is 0 Å². The number of carbonyl (C=O) groups is 1. The minimum atomic E-state index is 0.00361. The molecule has 0 spiro atoms. The van der Waals surface area contributed by atoms with Crippen molar-refractivity contribution in [3.05, 3.63) is 12.7 Å². The molecule has 0 rings (SSSR count). The van der Waals surface area contributed by atoms with Crippen LogP contribution in [-0.2, 0) is 9.53 Å². The van der Waals surface area contributed by atoms with Crippen molar-refractivity contribution in [2.24, 2.45) is 0 Å². The van der Waals surface area contributed by atoms with Gasteiger partial charge in [-0.15, -0.1) is 6.58 Å². The molecule has 0 aliphatic carbocycles. The van der Waals surface area contributed by atoms with Crippen LogP contribution >= 0.6 is 0 Å². The molecular formula is C40H80O2. The highest BCUT2D eigenvalue weighted by atomic mass is 16.5. The first-order valence-corrected chi connectivity index (χ1v) is 19.5. The second kappa shape index (κ2) is 42.3. The lowest BCUT2D eigenvalue weighted by Gasteiger charge is -2.05. The topological polar surface area (TPSA) is 26.3 Å². The number of unbranched alkanes of at least 4 members (excludes halogenated alkanes) is 29. The van der Waals surface area contributed by atoms with Crippen LogP contribution in [0.15, 0.2) is 12.7 Å². The smallest absolute Gasteiger partial charge is 0.305 e. The molecule has 0 bridgehead atoms. The lowest BCUT2D eigenvalue weighted by Crippen LogP contribution is -2.05. The van der Waals surface area contributed by atoms with Gasteiger partial charge in [0, 0.05) is 6.42 Å². The van der Waals surface area contributed by atoms with Crippen molar-refractivity contribution in [2.75, 3.05) is 6.61 Å².